The van der Waals surface area contributed by atoms with Crippen LogP contribution in [0, 0.1) is 17.8 Å². The van der Waals surface area contributed by atoms with Gasteiger partial charge in [-0.25, -0.2) is 4.99 Å². The Hall–Kier alpha value is -0.710. The Balaban J connectivity index is 1.42. The lowest BCUT2D eigenvalue weighted by molar-refractivity contribution is -0.143. The van der Waals surface area contributed by atoms with Gasteiger partial charge in [0.05, 0.1) is 5.54 Å². The van der Waals surface area contributed by atoms with E-state index < -0.39 is 0 Å². The Kier molecular flexibility index (Phi) is 3.43. The van der Waals surface area contributed by atoms with Crippen molar-refractivity contribution in [1.29, 1.82) is 0 Å². The molecule has 4 bridgehead atoms. The lowest BCUT2D eigenvalue weighted by Crippen LogP contribution is -2.49. The number of carbonyl (C=O) groups is 1. The van der Waals surface area contributed by atoms with Gasteiger partial charge in [-0.3, -0.25) is 4.79 Å². The van der Waals surface area contributed by atoms with Gasteiger partial charge >= 0.3 is 5.97 Å². The van der Waals surface area contributed by atoms with E-state index in [2.05, 4.69) is 0 Å². The summed E-state index contributed by atoms with van der Waals surface area (Å²) in [4.78, 5) is 15.9. The lowest BCUT2D eigenvalue weighted by Gasteiger charge is -2.54. The molecular weight excluding hydrogens is 286 g/mol. The first-order valence-corrected chi connectivity index (χ1v) is 9.11. The summed E-state index contributed by atoms with van der Waals surface area (Å²) in [6, 6.07) is 0. The van der Waals surface area contributed by atoms with E-state index in [4.69, 9.17) is 14.5 Å². The van der Waals surface area contributed by atoms with Crippen molar-refractivity contribution < 1.29 is 14.3 Å². The highest BCUT2D eigenvalue weighted by Crippen LogP contribution is 2.57. The van der Waals surface area contributed by atoms with Crippen LogP contribution in [-0.2, 0) is 14.3 Å². The molecule has 1 heterocycles. The molecule has 0 aromatic rings. The third kappa shape index (κ3) is 2.81. The van der Waals surface area contributed by atoms with Gasteiger partial charge < -0.3 is 9.47 Å². The van der Waals surface area contributed by atoms with Crippen LogP contribution in [0.4, 0.5) is 0 Å². The van der Waals surface area contributed by atoms with Gasteiger partial charge in [-0.1, -0.05) is 11.8 Å². The topological polar surface area (TPSA) is 47.9 Å². The molecule has 0 spiro atoms. The molecular formula is C16H23NO3S. The molecule has 1 aliphatic heterocycles. The highest BCUT2D eigenvalue weighted by molar-refractivity contribution is 8.13. The average molecular weight is 309 g/mol. The Morgan fingerprint density at radius 1 is 1.29 bits per heavy atom. The van der Waals surface area contributed by atoms with Crippen molar-refractivity contribution >= 4 is 23.0 Å². The number of esters is 1. The zero-order chi connectivity index (χ0) is 14.4. The molecule has 0 amide bonds. The summed E-state index contributed by atoms with van der Waals surface area (Å²) in [6.07, 6.45) is 8.09. The van der Waals surface area contributed by atoms with E-state index in [1.807, 2.05) is 0 Å². The number of aliphatic imine (C=N–C) groups is 1. The minimum Gasteiger partial charge on any atom is -0.465 e. The third-order valence-corrected chi connectivity index (χ3v) is 6.44. The predicted molar refractivity (Wildman–Crippen MR) is 82.3 cm³/mol. The number of thioether (sulfide) groups is 1. The second kappa shape index (κ2) is 5.18. The highest BCUT2D eigenvalue weighted by atomic mass is 32.2. The van der Waals surface area contributed by atoms with Gasteiger partial charge in [-0.05, 0) is 56.3 Å². The number of hydrogen-bond acceptors (Lipinski definition) is 5. The van der Waals surface area contributed by atoms with Crippen molar-refractivity contribution in [3.05, 3.63) is 0 Å². The SMILES string of the molecule is CC(=O)OC[C@@H]1CSC(=NC23CC4CC(CC(C4)C2)C3)O1. The molecule has 0 unspecified atom stereocenters. The van der Waals surface area contributed by atoms with Crippen molar-refractivity contribution in [2.24, 2.45) is 22.7 Å². The Morgan fingerprint density at radius 2 is 1.90 bits per heavy atom. The standard InChI is InChI=1S/C16H23NO3S/c1-10(18)19-8-14-9-21-15(20-14)17-16-5-11-2-12(6-16)4-13(3-11)7-16/h11-14H,2-9H2,1H3/t11?,12?,13?,14-,16?/m1/s1. The minimum atomic E-state index is -0.241. The molecule has 0 N–H and O–H groups in total. The van der Waals surface area contributed by atoms with Crippen LogP contribution in [-0.4, -0.2) is 35.2 Å². The van der Waals surface area contributed by atoms with Gasteiger partial charge in [0.1, 0.15) is 12.7 Å². The lowest BCUT2D eigenvalue weighted by atomic mass is 9.53. The molecule has 5 aliphatic rings. The summed E-state index contributed by atoms with van der Waals surface area (Å²) in [5.74, 6) is 3.32. The summed E-state index contributed by atoms with van der Waals surface area (Å²) in [5.41, 5.74) is 0.174. The van der Waals surface area contributed by atoms with Crippen molar-refractivity contribution in [1.82, 2.24) is 0 Å². The van der Waals surface area contributed by atoms with E-state index in [9.17, 15) is 4.79 Å². The molecule has 0 aromatic heterocycles. The van der Waals surface area contributed by atoms with E-state index in [1.54, 1.807) is 11.8 Å². The Morgan fingerprint density at radius 3 is 2.48 bits per heavy atom. The first kappa shape index (κ1) is 13.9. The fourth-order valence-electron chi connectivity index (χ4n) is 5.12. The fraction of sp³-hybridized carbons (Fsp3) is 0.875. The third-order valence-electron chi connectivity index (χ3n) is 5.47. The molecule has 5 heteroatoms. The quantitative estimate of drug-likeness (QED) is 0.752. The van der Waals surface area contributed by atoms with Crippen LogP contribution >= 0.6 is 11.8 Å². The first-order valence-electron chi connectivity index (χ1n) is 8.13. The molecule has 21 heavy (non-hydrogen) atoms. The summed E-state index contributed by atoms with van der Waals surface area (Å²) in [6.45, 7) is 1.79. The van der Waals surface area contributed by atoms with Gasteiger partial charge in [0.2, 0.25) is 5.23 Å². The van der Waals surface area contributed by atoms with Gasteiger partial charge in [-0.2, -0.15) is 0 Å². The number of nitrogens with zero attached hydrogens (tertiary/aromatic N) is 1. The monoisotopic (exact) mass is 309 g/mol. The minimum absolute atomic E-state index is 0.0217. The van der Waals surface area contributed by atoms with Gasteiger partial charge in [-0.15, -0.1) is 0 Å². The van der Waals surface area contributed by atoms with Crippen LogP contribution in [0.2, 0.25) is 0 Å². The molecule has 5 fully saturated rings. The second-order valence-electron chi connectivity index (χ2n) is 7.37. The van der Waals surface area contributed by atoms with E-state index in [0.717, 1.165) is 28.7 Å². The normalized spacial score (nSPS) is 45.9. The molecule has 116 valence electrons. The van der Waals surface area contributed by atoms with E-state index in [-0.39, 0.29) is 17.6 Å². The summed E-state index contributed by atoms with van der Waals surface area (Å²) < 4.78 is 10.9. The van der Waals surface area contributed by atoms with Crippen LogP contribution < -0.4 is 0 Å². The molecule has 0 aromatic carbocycles. The summed E-state index contributed by atoms with van der Waals surface area (Å²) >= 11 is 1.69. The Labute approximate surface area is 130 Å². The molecule has 1 saturated heterocycles. The van der Waals surface area contributed by atoms with Crippen LogP contribution in [0.3, 0.4) is 0 Å². The summed E-state index contributed by atoms with van der Waals surface area (Å²) in [7, 11) is 0. The molecule has 1 atom stereocenters. The maximum absolute atomic E-state index is 10.9. The van der Waals surface area contributed by atoms with Crippen molar-refractivity contribution in [2.45, 2.75) is 57.1 Å². The first-order chi connectivity index (χ1) is 10.1. The zero-order valence-corrected chi connectivity index (χ0v) is 13.4. The highest BCUT2D eigenvalue weighted by Gasteiger charge is 2.51. The van der Waals surface area contributed by atoms with Crippen LogP contribution in [0.25, 0.3) is 0 Å². The molecule has 4 aliphatic carbocycles. The van der Waals surface area contributed by atoms with E-state index >= 15 is 0 Å². The van der Waals surface area contributed by atoms with Gasteiger partial charge in [0.25, 0.3) is 0 Å². The van der Waals surface area contributed by atoms with Gasteiger partial charge in [0.15, 0.2) is 0 Å². The molecule has 4 nitrogen and oxygen atoms in total. The maximum atomic E-state index is 10.9. The fourth-order valence-corrected chi connectivity index (χ4v) is 6.08. The van der Waals surface area contributed by atoms with Crippen molar-refractivity contribution in [2.75, 3.05) is 12.4 Å². The number of carbonyl (C=O) groups excluding carboxylic acids is 1. The summed E-state index contributed by atoms with van der Waals surface area (Å²) in [5, 5.41) is 0.842. The Bertz CT molecular complexity index is 441. The molecule has 0 radical (unpaired) electrons. The number of rotatable bonds is 3. The second-order valence-corrected chi connectivity index (χ2v) is 8.34. The molecule has 4 saturated carbocycles. The van der Waals surface area contributed by atoms with Crippen molar-refractivity contribution in [3.63, 3.8) is 0 Å². The van der Waals surface area contributed by atoms with Crippen LogP contribution in [0.15, 0.2) is 4.99 Å². The van der Waals surface area contributed by atoms with Crippen LogP contribution in [0.5, 0.6) is 0 Å². The maximum Gasteiger partial charge on any atom is 0.302 e. The van der Waals surface area contributed by atoms with Crippen molar-refractivity contribution in [3.8, 4) is 0 Å². The zero-order valence-electron chi connectivity index (χ0n) is 12.5. The molecule has 5 rings (SSSR count). The smallest absolute Gasteiger partial charge is 0.302 e. The predicted octanol–water partition coefficient (Wildman–Crippen LogP) is 3.01. The number of hydrogen-bond donors (Lipinski definition) is 0. The largest absolute Gasteiger partial charge is 0.465 e. The van der Waals surface area contributed by atoms with Gasteiger partial charge in [0, 0.05) is 12.7 Å². The van der Waals surface area contributed by atoms with E-state index in [1.165, 1.54) is 45.4 Å². The number of ether oxygens (including phenoxy) is 2. The average Bonchev–Trinajstić information content (AvgIpc) is 2.81. The van der Waals surface area contributed by atoms with Crippen LogP contribution in [0.1, 0.15) is 45.4 Å². The van der Waals surface area contributed by atoms with E-state index in [0.29, 0.717) is 6.61 Å².